The number of anilines is 1. The first kappa shape index (κ1) is 16.1. The molecule has 5 heteroatoms. The van der Waals surface area contributed by atoms with E-state index in [1.54, 1.807) is 18.3 Å². The van der Waals surface area contributed by atoms with Crippen LogP contribution in [0.25, 0.3) is 0 Å². The van der Waals surface area contributed by atoms with E-state index in [1.807, 2.05) is 29.2 Å². The fraction of sp³-hybridized carbons (Fsp3) is 0.400. The lowest BCUT2D eigenvalue weighted by Crippen LogP contribution is -2.35. The molecule has 0 spiro atoms. The second-order valence-corrected chi connectivity index (χ2v) is 6.87. The van der Waals surface area contributed by atoms with Crippen molar-refractivity contribution in [3.05, 3.63) is 59.3 Å². The second kappa shape index (κ2) is 6.84. The molecule has 1 amide bonds. The molecule has 2 aliphatic rings. The summed E-state index contributed by atoms with van der Waals surface area (Å²) in [4.78, 5) is 18.9. The maximum Gasteiger partial charge on any atom is 0.254 e. The molecule has 1 aliphatic carbocycles. The van der Waals surface area contributed by atoms with Gasteiger partial charge in [-0.1, -0.05) is 24.3 Å². The molecular weight excluding hydrogens is 314 g/mol. The molecule has 1 aromatic heterocycles. The molecule has 2 aromatic rings. The number of amides is 1. The van der Waals surface area contributed by atoms with Gasteiger partial charge in [0.1, 0.15) is 5.82 Å². The lowest BCUT2D eigenvalue weighted by atomic mass is 10.1. The number of aliphatic hydroxyl groups is 1. The maximum absolute atomic E-state index is 12.7. The van der Waals surface area contributed by atoms with Gasteiger partial charge in [-0.2, -0.15) is 0 Å². The largest absolute Gasteiger partial charge is 0.390 e. The van der Waals surface area contributed by atoms with Crippen LogP contribution in [0.5, 0.6) is 0 Å². The van der Waals surface area contributed by atoms with E-state index in [2.05, 4.69) is 10.3 Å². The van der Waals surface area contributed by atoms with E-state index >= 15 is 0 Å². The Kier molecular flexibility index (Phi) is 4.40. The highest BCUT2D eigenvalue weighted by molar-refractivity contribution is 5.94. The maximum atomic E-state index is 12.7. The Morgan fingerprint density at radius 2 is 1.96 bits per heavy atom. The highest BCUT2D eigenvalue weighted by atomic mass is 16.3. The lowest BCUT2D eigenvalue weighted by Gasteiger charge is -2.27. The first-order valence-corrected chi connectivity index (χ1v) is 9.00. The Morgan fingerprint density at radius 1 is 1.16 bits per heavy atom. The fourth-order valence-corrected chi connectivity index (χ4v) is 3.83. The predicted molar refractivity (Wildman–Crippen MR) is 96.5 cm³/mol. The van der Waals surface area contributed by atoms with Crippen molar-refractivity contribution in [1.29, 1.82) is 0 Å². The SMILES string of the molecule is O=C(c1ccnc(N[C@@H]2c3ccccc3C[C@H]2O)c1)N1CCCCC1. The van der Waals surface area contributed by atoms with Gasteiger partial charge in [0.15, 0.2) is 0 Å². The van der Waals surface area contributed by atoms with E-state index in [4.69, 9.17) is 0 Å². The van der Waals surface area contributed by atoms with Crippen LogP contribution in [0.15, 0.2) is 42.6 Å². The second-order valence-electron chi connectivity index (χ2n) is 6.87. The average molecular weight is 337 g/mol. The zero-order valence-corrected chi connectivity index (χ0v) is 14.2. The van der Waals surface area contributed by atoms with Crippen molar-refractivity contribution in [2.45, 2.75) is 37.8 Å². The van der Waals surface area contributed by atoms with Gasteiger partial charge in [-0.15, -0.1) is 0 Å². The van der Waals surface area contributed by atoms with Gasteiger partial charge in [-0.3, -0.25) is 4.79 Å². The van der Waals surface area contributed by atoms with Gasteiger partial charge in [0.25, 0.3) is 5.91 Å². The molecule has 1 fully saturated rings. The molecule has 25 heavy (non-hydrogen) atoms. The number of carbonyl (C=O) groups excluding carboxylic acids is 1. The number of benzene rings is 1. The van der Waals surface area contributed by atoms with Gasteiger partial charge >= 0.3 is 0 Å². The van der Waals surface area contributed by atoms with Gasteiger partial charge in [-0.05, 0) is 42.5 Å². The van der Waals surface area contributed by atoms with Crippen molar-refractivity contribution in [3.8, 4) is 0 Å². The number of likely N-dealkylation sites (tertiary alicyclic amines) is 1. The average Bonchev–Trinajstić information content (AvgIpc) is 2.97. The minimum absolute atomic E-state index is 0.0671. The number of hydrogen-bond acceptors (Lipinski definition) is 4. The van der Waals surface area contributed by atoms with Gasteiger partial charge in [-0.25, -0.2) is 4.98 Å². The number of rotatable bonds is 3. The van der Waals surface area contributed by atoms with Crippen LogP contribution < -0.4 is 5.32 Å². The van der Waals surface area contributed by atoms with E-state index in [0.717, 1.165) is 37.1 Å². The van der Waals surface area contributed by atoms with Gasteiger partial charge in [0, 0.05) is 31.3 Å². The molecule has 2 atom stereocenters. The van der Waals surface area contributed by atoms with E-state index in [1.165, 1.54) is 6.42 Å². The van der Waals surface area contributed by atoms with Crippen LogP contribution in [-0.2, 0) is 6.42 Å². The van der Waals surface area contributed by atoms with Crippen molar-refractivity contribution in [2.75, 3.05) is 18.4 Å². The monoisotopic (exact) mass is 337 g/mol. The summed E-state index contributed by atoms with van der Waals surface area (Å²) < 4.78 is 0. The van der Waals surface area contributed by atoms with Crippen LogP contribution in [0.2, 0.25) is 0 Å². The zero-order chi connectivity index (χ0) is 17.2. The number of aromatic nitrogens is 1. The van der Waals surface area contributed by atoms with Crippen LogP contribution in [0.1, 0.15) is 46.8 Å². The minimum atomic E-state index is -0.486. The van der Waals surface area contributed by atoms with E-state index in [0.29, 0.717) is 17.8 Å². The number of piperidine rings is 1. The Bertz CT molecular complexity index is 771. The molecule has 2 heterocycles. The molecular formula is C20H23N3O2. The summed E-state index contributed by atoms with van der Waals surface area (Å²) in [5.74, 6) is 0.695. The topological polar surface area (TPSA) is 65.5 Å². The predicted octanol–water partition coefficient (Wildman–Crippen LogP) is 2.78. The van der Waals surface area contributed by atoms with Crippen LogP contribution in [0.4, 0.5) is 5.82 Å². The lowest BCUT2D eigenvalue weighted by molar-refractivity contribution is 0.0724. The Balaban J connectivity index is 1.53. The summed E-state index contributed by atoms with van der Waals surface area (Å²) in [6.45, 7) is 1.66. The summed E-state index contributed by atoms with van der Waals surface area (Å²) >= 11 is 0. The molecule has 4 rings (SSSR count). The van der Waals surface area contributed by atoms with Crippen molar-refractivity contribution in [2.24, 2.45) is 0 Å². The van der Waals surface area contributed by atoms with Gasteiger partial charge in [0.05, 0.1) is 12.1 Å². The quantitative estimate of drug-likeness (QED) is 0.904. The van der Waals surface area contributed by atoms with Crippen LogP contribution in [0.3, 0.4) is 0 Å². The normalized spacial score (nSPS) is 22.5. The Morgan fingerprint density at radius 3 is 2.80 bits per heavy atom. The number of aliphatic hydroxyl groups excluding tert-OH is 1. The Hall–Kier alpha value is -2.40. The van der Waals surface area contributed by atoms with Crippen molar-refractivity contribution in [1.82, 2.24) is 9.88 Å². The first-order valence-electron chi connectivity index (χ1n) is 9.00. The molecule has 1 aliphatic heterocycles. The summed E-state index contributed by atoms with van der Waals surface area (Å²) in [5.41, 5.74) is 2.91. The minimum Gasteiger partial charge on any atom is -0.390 e. The number of hydrogen-bond donors (Lipinski definition) is 2. The summed E-state index contributed by atoms with van der Waals surface area (Å²) in [7, 11) is 0. The molecule has 1 saturated heterocycles. The van der Waals surface area contributed by atoms with E-state index in [9.17, 15) is 9.90 Å². The molecule has 0 unspecified atom stereocenters. The molecule has 130 valence electrons. The Labute approximate surface area is 147 Å². The third-order valence-electron chi connectivity index (χ3n) is 5.16. The zero-order valence-electron chi connectivity index (χ0n) is 14.2. The molecule has 0 bridgehead atoms. The van der Waals surface area contributed by atoms with Crippen LogP contribution in [-0.4, -0.2) is 40.1 Å². The van der Waals surface area contributed by atoms with Crippen molar-refractivity contribution < 1.29 is 9.90 Å². The van der Waals surface area contributed by atoms with Crippen molar-refractivity contribution in [3.63, 3.8) is 0 Å². The van der Waals surface area contributed by atoms with Crippen molar-refractivity contribution >= 4 is 11.7 Å². The summed E-state index contributed by atoms with van der Waals surface area (Å²) in [5, 5.41) is 13.7. The third-order valence-corrected chi connectivity index (χ3v) is 5.16. The highest BCUT2D eigenvalue weighted by Gasteiger charge is 2.31. The smallest absolute Gasteiger partial charge is 0.254 e. The number of nitrogens with zero attached hydrogens (tertiary/aromatic N) is 2. The molecule has 2 N–H and O–H groups in total. The first-order chi connectivity index (χ1) is 12.2. The van der Waals surface area contributed by atoms with Gasteiger partial charge in [0.2, 0.25) is 0 Å². The molecule has 1 aromatic carbocycles. The van der Waals surface area contributed by atoms with E-state index in [-0.39, 0.29) is 11.9 Å². The number of nitrogens with one attached hydrogen (secondary N) is 1. The molecule has 0 saturated carbocycles. The third kappa shape index (κ3) is 3.24. The number of carbonyl (C=O) groups is 1. The molecule has 0 radical (unpaired) electrons. The molecule has 5 nitrogen and oxygen atoms in total. The number of fused-ring (bicyclic) bond motifs is 1. The summed E-state index contributed by atoms with van der Waals surface area (Å²) in [6, 6.07) is 11.4. The van der Waals surface area contributed by atoms with E-state index < -0.39 is 6.10 Å². The van der Waals surface area contributed by atoms with Gasteiger partial charge < -0.3 is 15.3 Å². The van der Waals surface area contributed by atoms with Crippen LogP contribution in [0, 0.1) is 0 Å². The number of pyridine rings is 1. The fourth-order valence-electron chi connectivity index (χ4n) is 3.83. The standard InChI is InChI=1S/C20H23N3O2/c24-17-12-14-6-2-3-7-16(14)19(17)22-18-13-15(8-9-21-18)20(25)23-10-4-1-5-11-23/h2-3,6-9,13,17,19,24H,1,4-5,10-12H2,(H,21,22)/t17-,19-/m1/s1. The summed E-state index contributed by atoms with van der Waals surface area (Å²) in [6.07, 6.45) is 5.17. The highest BCUT2D eigenvalue weighted by Crippen LogP contribution is 2.33. The van der Waals surface area contributed by atoms with Crippen LogP contribution >= 0.6 is 0 Å².